The normalized spacial score (nSPS) is 11.4. The number of anilines is 1. The van der Waals surface area contributed by atoms with E-state index in [0.717, 1.165) is 12.1 Å². The van der Waals surface area contributed by atoms with Gasteiger partial charge in [-0.1, -0.05) is 16.8 Å². The molecule has 112 valence electrons. The zero-order valence-corrected chi connectivity index (χ0v) is 11.0. The van der Waals surface area contributed by atoms with Gasteiger partial charge in [-0.2, -0.15) is 13.2 Å². The van der Waals surface area contributed by atoms with Crippen molar-refractivity contribution < 1.29 is 27.6 Å². The molecule has 0 saturated heterocycles. The fourth-order valence-corrected chi connectivity index (χ4v) is 1.76. The number of hydrogen-bond donors (Lipinski definition) is 2. The van der Waals surface area contributed by atoms with Crippen LogP contribution in [0.15, 0.2) is 28.8 Å². The number of aromatic carboxylic acids is 1. The van der Waals surface area contributed by atoms with E-state index in [1.807, 2.05) is 0 Å². The predicted molar refractivity (Wildman–Crippen MR) is 67.2 cm³/mol. The lowest BCUT2D eigenvalue weighted by molar-refractivity contribution is -0.137. The molecular formula is C12H8ClF3N2O3. The Bertz CT molecular complexity index is 670. The highest BCUT2D eigenvalue weighted by Gasteiger charge is 2.33. The number of benzene rings is 1. The standard InChI is InChI=1S/C12H8ClF3N2O3/c13-9-2-1-6(3-8(9)12(14,15)16)17-5-7-4-10(11(19)20)18-21-7/h1-4,17H,5H2,(H,19,20). The molecule has 0 aliphatic carbocycles. The van der Waals surface area contributed by atoms with E-state index in [1.54, 1.807) is 0 Å². The number of halogens is 4. The molecule has 0 bridgehead atoms. The maximum Gasteiger partial charge on any atom is 0.417 e. The number of carboxylic acids is 1. The molecular weight excluding hydrogens is 313 g/mol. The Morgan fingerprint density at radius 2 is 2.10 bits per heavy atom. The third-order valence-corrected chi connectivity index (χ3v) is 2.85. The van der Waals surface area contributed by atoms with Crippen molar-refractivity contribution in [1.82, 2.24) is 5.16 Å². The first-order chi connectivity index (χ1) is 9.77. The second-order valence-electron chi connectivity index (χ2n) is 4.03. The van der Waals surface area contributed by atoms with E-state index in [2.05, 4.69) is 10.5 Å². The summed E-state index contributed by atoms with van der Waals surface area (Å²) in [5, 5.41) is 14.2. The van der Waals surface area contributed by atoms with Gasteiger partial charge in [0.25, 0.3) is 0 Å². The van der Waals surface area contributed by atoms with Gasteiger partial charge in [0.15, 0.2) is 11.5 Å². The van der Waals surface area contributed by atoms with E-state index in [0.29, 0.717) is 0 Å². The van der Waals surface area contributed by atoms with Crippen LogP contribution in [0.4, 0.5) is 18.9 Å². The van der Waals surface area contributed by atoms with Crippen molar-refractivity contribution >= 4 is 23.3 Å². The average molecular weight is 321 g/mol. The number of rotatable bonds is 4. The molecule has 0 aliphatic heterocycles. The number of nitrogens with one attached hydrogen (secondary N) is 1. The zero-order valence-electron chi connectivity index (χ0n) is 10.2. The molecule has 21 heavy (non-hydrogen) atoms. The van der Waals surface area contributed by atoms with E-state index >= 15 is 0 Å². The Hall–Kier alpha value is -2.22. The lowest BCUT2D eigenvalue weighted by atomic mass is 10.2. The minimum absolute atomic E-state index is 0.0147. The Balaban J connectivity index is 2.11. The fourth-order valence-electron chi connectivity index (χ4n) is 1.54. The molecule has 9 heteroatoms. The summed E-state index contributed by atoms with van der Waals surface area (Å²) in [7, 11) is 0. The van der Waals surface area contributed by atoms with Gasteiger partial charge in [-0.25, -0.2) is 4.79 Å². The summed E-state index contributed by atoms with van der Waals surface area (Å²) in [5.74, 6) is -1.08. The summed E-state index contributed by atoms with van der Waals surface area (Å²) in [4.78, 5) is 10.6. The maximum atomic E-state index is 12.7. The lowest BCUT2D eigenvalue weighted by Crippen LogP contribution is -2.07. The highest BCUT2D eigenvalue weighted by molar-refractivity contribution is 6.31. The zero-order chi connectivity index (χ0) is 15.6. The molecule has 2 aromatic rings. The van der Waals surface area contributed by atoms with E-state index < -0.39 is 22.7 Å². The quantitative estimate of drug-likeness (QED) is 0.899. The summed E-state index contributed by atoms with van der Waals surface area (Å²) < 4.78 is 42.8. The summed E-state index contributed by atoms with van der Waals surface area (Å²) in [6.07, 6.45) is -4.56. The first-order valence-electron chi connectivity index (χ1n) is 5.57. The van der Waals surface area contributed by atoms with Crippen LogP contribution < -0.4 is 5.32 Å². The van der Waals surface area contributed by atoms with Crippen LogP contribution in [0.2, 0.25) is 5.02 Å². The van der Waals surface area contributed by atoms with E-state index in [-0.39, 0.29) is 23.7 Å². The molecule has 2 rings (SSSR count). The third-order valence-electron chi connectivity index (χ3n) is 2.52. The summed E-state index contributed by atoms with van der Waals surface area (Å²) >= 11 is 5.49. The van der Waals surface area contributed by atoms with Crippen molar-refractivity contribution in [2.24, 2.45) is 0 Å². The molecule has 0 amide bonds. The van der Waals surface area contributed by atoms with Crippen LogP contribution in [0.1, 0.15) is 21.8 Å². The highest BCUT2D eigenvalue weighted by atomic mass is 35.5. The first kappa shape index (κ1) is 15.2. The van der Waals surface area contributed by atoms with Crippen LogP contribution in [0.5, 0.6) is 0 Å². The summed E-state index contributed by atoms with van der Waals surface area (Å²) in [5.41, 5.74) is -1.07. The van der Waals surface area contributed by atoms with Crippen molar-refractivity contribution in [2.45, 2.75) is 12.7 Å². The van der Waals surface area contributed by atoms with Gasteiger partial charge >= 0.3 is 12.1 Å². The number of hydrogen-bond acceptors (Lipinski definition) is 4. The van der Waals surface area contributed by atoms with Crippen molar-refractivity contribution in [2.75, 3.05) is 5.32 Å². The number of aromatic nitrogens is 1. The summed E-state index contributed by atoms with van der Waals surface area (Å²) in [6, 6.07) is 4.52. The first-order valence-corrected chi connectivity index (χ1v) is 5.94. The highest BCUT2D eigenvalue weighted by Crippen LogP contribution is 2.36. The maximum absolute atomic E-state index is 12.7. The SMILES string of the molecule is O=C(O)c1cc(CNc2ccc(Cl)c(C(F)(F)F)c2)on1. The minimum atomic E-state index is -4.56. The molecule has 0 aliphatic rings. The topological polar surface area (TPSA) is 75.4 Å². The number of alkyl halides is 3. The van der Waals surface area contributed by atoms with Crippen molar-refractivity contribution in [3.63, 3.8) is 0 Å². The number of carbonyl (C=O) groups is 1. The third kappa shape index (κ3) is 3.66. The van der Waals surface area contributed by atoms with Gasteiger partial charge in [0.05, 0.1) is 17.1 Å². The van der Waals surface area contributed by atoms with Crippen LogP contribution in [0.3, 0.4) is 0 Å². The Morgan fingerprint density at radius 1 is 1.38 bits per heavy atom. The monoisotopic (exact) mass is 320 g/mol. The largest absolute Gasteiger partial charge is 0.476 e. The van der Waals surface area contributed by atoms with Crippen LogP contribution in [0.25, 0.3) is 0 Å². The molecule has 0 fully saturated rings. The number of carboxylic acid groups (broad SMARTS) is 1. The van der Waals surface area contributed by atoms with Gasteiger partial charge in [0, 0.05) is 11.8 Å². The smallest absolute Gasteiger partial charge is 0.417 e. The van der Waals surface area contributed by atoms with E-state index in [9.17, 15) is 18.0 Å². The molecule has 0 unspecified atom stereocenters. The Morgan fingerprint density at radius 3 is 2.67 bits per heavy atom. The molecule has 5 nitrogen and oxygen atoms in total. The molecule has 0 spiro atoms. The van der Waals surface area contributed by atoms with Crippen LogP contribution >= 0.6 is 11.6 Å². The minimum Gasteiger partial charge on any atom is -0.476 e. The van der Waals surface area contributed by atoms with Gasteiger partial charge in [-0.3, -0.25) is 0 Å². The predicted octanol–water partition coefficient (Wildman–Crippen LogP) is 3.66. The Labute approximate surface area is 121 Å². The van der Waals surface area contributed by atoms with Crippen LogP contribution in [-0.4, -0.2) is 16.2 Å². The molecule has 0 saturated carbocycles. The van der Waals surface area contributed by atoms with Gasteiger partial charge in [0.1, 0.15) is 0 Å². The van der Waals surface area contributed by atoms with Crippen LogP contribution in [0, 0.1) is 0 Å². The van der Waals surface area contributed by atoms with Gasteiger partial charge in [-0.05, 0) is 18.2 Å². The molecule has 1 aromatic heterocycles. The van der Waals surface area contributed by atoms with E-state index in [4.69, 9.17) is 21.2 Å². The Kier molecular flexibility index (Phi) is 4.08. The second kappa shape index (κ2) is 5.65. The molecule has 1 aromatic carbocycles. The summed E-state index contributed by atoms with van der Waals surface area (Å²) in [6.45, 7) is -0.0147. The average Bonchev–Trinajstić information content (AvgIpc) is 2.85. The second-order valence-corrected chi connectivity index (χ2v) is 4.44. The molecule has 0 radical (unpaired) electrons. The van der Waals surface area contributed by atoms with E-state index in [1.165, 1.54) is 12.1 Å². The lowest BCUT2D eigenvalue weighted by Gasteiger charge is -2.11. The van der Waals surface area contributed by atoms with Crippen molar-refractivity contribution in [3.8, 4) is 0 Å². The van der Waals surface area contributed by atoms with Crippen molar-refractivity contribution in [1.29, 1.82) is 0 Å². The molecule has 1 heterocycles. The van der Waals surface area contributed by atoms with Gasteiger partial charge < -0.3 is 14.9 Å². The number of nitrogens with zero attached hydrogens (tertiary/aromatic N) is 1. The van der Waals surface area contributed by atoms with Gasteiger partial charge in [0.2, 0.25) is 0 Å². The fraction of sp³-hybridized carbons (Fsp3) is 0.167. The molecule has 2 N–H and O–H groups in total. The molecule has 0 atom stereocenters. The van der Waals surface area contributed by atoms with Crippen molar-refractivity contribution in [3.05, 3.63) is 46.3 Å². The van der Waals surface area contributed by atoms with Crippen LogP contribution in [-0.2, 0) is 12.7 Å². The van der Waals surface area contributed by atoms with Gasteiger partial charge in [-0.15, -0.1) is 0 Å².